The molecule has 112 valence electrons. The van der Waals surface area contributed by atoms with Crippen molar-refractivity contribution in [1.29, 1.82) is 0 Å². The minimum atomic E-state index is -0.327. The topological polar surface area (TPSA) is 66.8 Å². The fraction of sp³-hybridized carbons (Fsp3) is 0.857. The third kappa shape index (κ3) is 7.95. The number of ether oxygens (including phenoxy) is 1. The van der Waals surface area contributed by atoms with E-state index in [1.165, 1.54) is 0 Å². The molecule has 0 aromatic rings. The summed E-state index contributed by atoms with van der Waals surface area (Å²) in [6.45, 7) is 7.07. The molecule has 0 rings (SSSR count). The van der Waals surface area contributed by atoms with Gasteiger partial charge in [-0.05, 0) is 19.8 Å². The van der Waals surface area contributed by atoms with Gasteiger partial charge in [0.1, 0.15) is 5.78 Å². The van der Waals surface area contributed by atoms with E-state index in [9.17, 15) is 9.59 Å². The Morgan fingerprint density at radius 3 is 2.26 bits per heavy atom. The predicted octanol–water partition coefficient (Wildman–Crippen LogP) is 1.38. The monoisotopic (exact) mass is 273 g/mol. The number of hydrogen-bond acceptors (Lipinski definition) is 5. The molecule has 0 aliphatic heterocycles. The fourth-order valence-corrected chi connectivity index (χ4v) is 2.10. The highest BCUT2D eigenvalue weighted by atomic mass is 16.5. The molecule has 0 spiro atoms. The molecule has 0 radical (unpaired) electrons. The molecule has 0 aromatic carbocycles. The number of ketones is 1. The molecule has 0 saturated carbocycles. The van der Waals surface area contributed by atoms with Crippen molar-refractivity contribution in [2.24, 2.45) is 0 Å². The van der Waals surface area contributed by atoms with Crippen molar-refractivity contribution in [3.63, 3.8) is 0 Å². The van der Waals surface area contributed by atoms with Gasteiger partial charge in [0.2, 0.25) is 0 Å². The van der Waals surface area contributed by atoms with Crippen LogP contribution in [0.5, 0.6) is 0 Å². The van der Waals surface area contributed by atoms with E-state index in [1.807, 2.05) is 4.90 Å². The van der Waals surface area contributed by atoms with Crippen molar-refractivity contribution in [2.45, 2.75) is 52.5 Å². The van der Waals surface area contributed by atoms with Crippen LogP contribution in [0.25, 0.3) is 0 Å². The second-order valence-electron chi connectivity index (χ2n) is 4.51. The zero-order chi connectivity index (χ0) is 14.7. The van der Waals surface area contributed by atoms with Crippen molar-refractivity contribution < 1.29 is 19.4 Å². The molecule has 0 amide bonds. The van der Waals surface area contributed by atoms with Crippen LogP contribution >= 0.6 is 0 Å². The number of rotatable bonds is 11. The first kappa shape index (κ1) is 18.1. The van der Waals surface area contributed by atoms with Crippen molar-refractivity contribution in [3.05, 3.63) is 0 Å². The van der Waals surface area contributed by atoms with Crippen LogP contribution in [-0.4, -0.2) is 54.1 Å². The number of nitrogens with zero attached hydrogens (tertiary/aromatic N) is 1. The Labute approximate surface area is 115 Å². The smallest absolute Gasteiger partial charge is 0.306 e. The maximum atomic E-state index is 11.8. The summed E-state index contributed by atoms with van der Waals surface area (Å²) in [6, 6.07) is 0.304. The summed E-state index contributed by atoms with van der Waals surface area (Å²) in [5, 5.41) is 9.05. The van der Waals surface area contributed by atoms with E-state index in [0.29, 0.717) is 25.7 Å². The second-order valence-corrected chi connectivity index (χ2v) is 4.51. The molecule has 0 heterocycles. The number of aliphatic hydroxyl groups is 1. The zero-order valence-corrected chi connectivity index (χ0v) is 12.4. The van der Waals surface area contributed by atoms with Gasteiger partial charge in [-0.1, -0.05) is 13.8 Å². The molecule has 0 fully saturated rings. The minimum Gasteiger partial charge on any atom is -0.466 e. The maximum absolute atomic E-state index is 11.8. The largest absolute Gasteiger partial charge is 0.466 e. The SMILES string of the molecule is CCOC(=O)CCC(=O)CN(CCO)C(CC)CC. The molecule has 0 bridgehead atoms. The average Bonchev–Trinajstić information content (AvgIpc) is 2.38. The van der Waals surface area contributed by atoms with Crippen LogP contribution in [0.2, 0.25) is 0 Å². The lowest BCUT2D eigenvalue weighted by atomic mass is 10.1. The van der Waals surface area contributed by atoms with Crippen LogP contribution in [0.15, 0.2) is 0 Å². The summed E-state index contributed by atoms with van der Waals surface area (Å²) in [5.41, 5.74) is 0. The predicted molar refractivity (Wildman–Crippen MR) is 73.9 cm³/mol. The van der Waals surface area contributed by atoms with E-state index in [1.54, 1.807) is 6.92 Å². The first-order valence-electron chi connectivity index (χ1n) is 7.11. The van der Waals surface area contributed by atoms with Crippen molar-refractivity contribution >= 4 is 11.8 Å². The van der Waals surface area contributed by atoms with Crippen molar-refractivity contribution in [3.8, 4) is 0 Å². The van der Waals surface area contributed by atoms with Gasteiger partial charge in [0.25, 0.3) is 0 Å². The number of carbonyl (C=O) groups excluding carboxylic acids is 2. The fourth-order valence-electron chi connectivity index (χ4n) is 2.10. The summed E-state index contributed by atoms with van der Waals surface area (Å²) in [7, 11) is 0. The van der Waals surface area contributed by atoms with E-state index in [2.05, 4.69) is 13.8 Å². The highest BCUT2D eigenvalue weighted by molar-refractivity contribution is 5.84. The highest BCUT2D eigenvalue weighted by Gasteiger charge is 2.18. The summed E-state index contributed by atoms with van der Waals surface area (Å²) in [4.78, 5) is 25.0. The molecule has 0 aromatic heterocycles. The Bertz CT molecular complexity index is 264. The van der Waals surface area contributed by atoms with Crippen LogP contribution in [0.1, 0.15) is 46.5 Å². The second kappa shape index (κ2) is 10.9. The van der Waals surface area contributed by atoms with Crippen LogP contribution < -0.4 is 0 Å². The summed E-state index contributed by atoms with van der Waals surface area (Å²) >= 11 is 0. The van der Waals surface area contributed by atoms with E-state index in [-0.39, 0.29) is 31.2 Å². The van der Waals surface area contributed by atoms with E-state index in [4.69, 9.17) is 9.84 Å². The van der Waals surface area contributed by atoms with E-state index in [0.717, 1.165) is 12.8 Å². The first-order valence-corrected chi connectivity index (χ1v) is 7.11. The van der Waals surface area contributed by atoms with Gasteiger partial charge in [-0.25, -0.2) is 0 Å². The molecule has 5 heteroatoms. The van der Waals surface area contributed by atoms with Gasteiger partial charge in [-0.3, -0.25) is 14.5 Å². The van der Waals surface area contributed by atoms with Crippen molar-refractivity contribution in [2.75, 3.05) is 26.3 Å². The molecule has 0 unspecified atom stereocenters. The number of aliphatic hydroxyl groups excluding tert-OH is 1. The molecule has 19 heavy (non-hydrogen) atoms. The molecule has 1 N–H and O–H groups in total. The van der Waals surface area contributed by atoms with Gasteiger partial charge < -0.3 is 9.84 Å². The molecule has 0 saturated heterocycles. The Morgan fingerprint density at radius 2 is 1.79 bits per heavy atom. The van der Waals surface area contributed by atoms with Gasteiger partial charge in [0, 0.05) is 19.0 Å². The van der Waals surface area contributed by atoms with Crippen LogP contribution in [0, 0.1) is 0 Å². The lowest BCUT2D eigenvalue weighted by molar-refractivity contribution is -0.144. The molecule has 0 aliphatic carbocycles. The minimum absolute atomic E-state index is 0.0217. The molecular formula is C14H27NO4. The van der Waals surface area contributed by atoms with E-state index < -0.39 is 0 Å². The van der Waals surface area contributed by atoms with Gasteiger partial charge in [0.15, 0.2) is 0 Å². The summed E-state index contributed by atoms with van der Waals surface area (Å²) in [6.07, 6.45) is 2.24. The maximum Gasteiger partial charge on any atom is 0.306 e. The first-order chi connectivity index (χ1) is 9.08. The number of esters is 1. The third-order valence-corrected chi connectivity index (χ3v) is 3.14. The Balaban J connectivity index is 4.19. The quantitative estimate of drug-likeness (QED) is 0.576. The van der Waals surface area contributed by atoms with Crippen LogP contribution in [0.4, 0.5) is 0 Å². The Hall–Kier alpha value is -0.940. The Kier molecular flexibility index (Phi) is 10.4. The highest BCUT2D eigenvalue weighted by Crippen LogP contribution is 2.09. The lowest BCUT2D eigenvalue weighted by Crippen LogP contribution is -2.40. The molecular weight excluding hydrogens is 246 g/mol. The number of carbonyl (C=O) groups is 2. The molecule has 0 atom stereocenters. The van der Waals surface area contributed by atoms with Gasteiger partial charge in [0.05, 0.1) is 26.2 Å². The number of hydrogen-bond donors (Lipinski definition) is 1. The van der Waals surface area contributed by atoms with Gasteiger partial charge in [-0.2, -0.15) is 0 Å². The van der Waals surface area contributed by atoms with Gasteiger partial charge in [-0.15, -0.1) is 0 Å². The normalized spacial score (nSPS) is 11.1. The molecule has 0 aliphatic rings. The average molecular weight is 273 g/mol. The number of Topliss-reactive ketones (excluding diaryl/α,β-unsaturated/α-hetero) is 1. The Morgan fingerprint density at radius 1 is 1.16 bits per heavy atom. The summed E-state index contributed by atoms with van der Waals surface area (Å²) < 4.78 is 4.79. The standard InChI is InChI=1S/C14H27NO4/c1-4-12(5-2)15(9-10-16)11-13(17)7-8-14(18)19-6-3/h12,16H,4-11H2,1-3H3. The lowest BCUT2D eigenvalue weighted by Gasteiger charge is -2.29. The molecule has 5 nitrogen and oxygen atoms in total. The summed E-state index contributed by atoms with van der Waals surface area (Å²) in [5.74, 6) is -0.305. The van der Waals surface area contributed by atoms with Crippen LogP contribution in [-0.2, 0) is 14.3 Å². The van der Waals surface area contributed by atoms with Crippen LogP contribution in [0.3, 0.4) is 0 Å². The van der Waals surface area contributed by atoms with E-state index >= 15 is 0 Å². The zero-order valence-electron chi connectivity index (χ0n) is 12.4. The van der Waals surface area contributed by atoms with Crippen molar-refractivity contribution in [1.82, 2.24) is 4.90 Å². The third-order valence-electron chi connectivity index (χ3n) is 3.14. The van der Waals surface area contributed by atoms with Gasteiger partial charge >= 0.3 is 5.97 Å².